The van der Waals surface area contributed by atoms with Gasteiger partial charge in [-0.15, -0.1) is 0 Å². The average Bonchev–Trinajstić information content (AvgIpc) is 2.74. The summed E-state index contributed by atoms with van der Waals surface area (Å²) in [6.07, 6.45) is 0.511. The van der Waals surface area contributed by atoms with E-state index in [1.165, 1.54) is 11.1 Å². The van der Waals surface area contributed by atoms with Gasteiger partial charge < -0.3 is 15.4 Å². The third kappa shape index (κ3) is 6.75. The lowest BCUT2D eigenvalue weighted by Crippen LogP contribution is -2.38. The second kappa shape index (κ2) is 11.0. The van der Waals surface area contributed by atoms with E-state index in [9.17, 15) is 4.79 Å². The molecule has 2 N–H and O–H groups in total. The Balaban J connectivity index is 1.41. The monoisotopic (exact) mass is 381 g/mol. The Morgan fingerprint density at radius 1 is 1.11 bits per heavy atom. The fourth-order valence-corrected chi connectivity index (χ4v) is 3.40. The van der Waals surface area contributed by atoms with Crippen molar-refractivity contribution < 1.29 is 9.53 Å². The second-order valence-electron chi connectivity index (χ2n) is 7.40. The summed E-state index contributed by atoms with van der Waals surface area (Å²) in [5.41, 5.74) is 3.38. The zero-order chi connectivity index (χ0) is 19.6. The summed E-state index contributed by atoms with van der Waals surface area (Å²) in [5, 5.41) is 6.54. The van der Waals surface area contributed by atoms with E-state index in [1.54, 1.807) is 0 Å². The first kappa shape index (κ1) is 20.5. The number of anilines is 1. The van der Waals surface area contributed by atoms with Crippen LogP contribution in [0.1, 0.15) is 30.4 Å². The summed E-state index contributed by atoms with van der Waals surface area (Å²) >= 11 is 0. The van der Waals surface area contributed by atoms with Crippen LogP contribution < -0.4 is 10.6 Å². The summed E-state index contributed by atoms with van der Waals surface area (Å²) in [5.74, 6) is 0.526. The molecule has 0 aromatic heterocycles. The quantitative estimate of drug-likeness (QED) is 0.700. The van der Waals surface area contributed by atoms with Crippen LogP contribution in [0.4, 0.5) is 5.69 Å². The van der Waals surface area contributed by atoms with E-state index >= 15 is 0 Å². The van der Waals surface area contributed by atoms with Gasteiger partial charge in [0.2, 0.25) is 5.91 Å². The third-order valence-corrected chi connectivity index (χ3v) is 5.12. The summed E-state index contributed by atoms with van der Waals surface area (Å²) in [6, 6.07) is 18.6. The minimum atomic E-state index is 0.0642. The molecule has 0 saturated carbocycles. The Hall–Kier alpha value is -2.21. The van der Waals surface area contributed by atoms with Crippen molar-refractivity contribution in [2.24, 2.45) is 0 Å². The van der Waals surface area contributed by atoms with Gasteiger partial charge in [-0.25, -0.2) is 0 Å². The molecule has 1 aliphatic rings. The molecule has 5 nitrogen and oxygen atoms in total. The van der Waals surface area contributed by atoms with Crippen LogP contribution in [-0.2, 0) is 16.1 Å². The van der Waals surface area contributed by atoms with E-state index < -0.39 is 0 Å². The van der Waals surface area contributed by atoms with Gasteiger partial charge in [0, 0.05) is 44.8 Å². The van der Waals surface area contributed by atoms with Crippen LogP contribution >= 0.6 is 0 Å². The van der Waals surface area contributed by atoms with E-state index in [4.69, 9.17) is 4.74 Å². The number of hydrogen-bond donors (Lipinski definition) is 2. The number of rotatable bonds is 9. The Morgan fingerprint density at radius 2 is 1.89 bits per heavy atom. The fraction of sp³-hybridized carbons (Fsp3) is 0.435. The van der Waals surface area contributed by atoms with E-state index in [0.717, 1.165) is 51.6 Å². The van der Waals surface area contributed by atoms with Crippen molar-refractivity contribution in [1.29, 1.82) is 0 Å². The Kier molecular flexibility index (Phi) is 8.03. The van der Waals surface area contributed by atoms with Crippen molar-refractivity contribution in [3.8, 4) is 0 Å². The molecular weight excluding hydrogens is 350 g/mol. The molecule has 1 amide bonds. The highest BCUT2D eigenvalue weighted by Crippen LogP contribution is 2.14. The maximum absolute atomic E-state index is 12.2. The van der Waals surface area contributed by atoms with Gasteiger partial charge in [-0.05, 0) is 29.2 Å². The van der Waals surface area contributed by atoms with Crippen molar-refractivity contribution in [2.45, 2.75) is 25.8 Å². The zero-order valence-corrected chi connectivity index (χ0v) is 16.7. The van der Waals surface area contributed by atoms with E-state index in [2.05, 4.69) is 52.8 Å². The first-order valence-corrected chi connectivity index (χ1v) is 10.2. The van der Waals surface area contributed by atoms with Crippen LogP contribution in [0.25, 0.3) is 0 Å². The van der Waals surface area contributed by atoms with Crippen LogP contribution in [0.15, 0.2) is 54.6 Å². The number of morpholine rings is 1. The lowest BCUT2D eigenvalue weighted by molar-refractivity contribution is -0.116. The van der Waals surface area contributed by atoms with Gasteiger partial charge in [0.05, 0.1) is 13.2 Å². The maximum Gasteiger partial charge on any atom is 0.225 e. The van der Waals surface area contributed by atoms with Gasteiger partial charge in [-0.2, -0.15) is 0 Å². The molecule has 1 saturated heterocycles. The third-order valence-electron chi connectivity index (χ3n) is 5.12. The van der Waals surface area contributed by atoms with Crippen molar-refractivity contribution >= 4 is 11.6 Å². The largest absolute Gasteiger partial charge is 0.379 e. The smallest absolute Gasteiger partial charge is 0.225 e. The molecule has 28 heavy (non-hydrogen) atoms. The summed E-state index contributed by atoms with van der Waals surface area (Å²) in [7, 11) is 0. The van der Waals surface area contributed by atoms with Crippen molar-refractivity contribution in [1.82, 2.24) is 10.2 Å². The summed E-state index contributed by atoms with van der Waals surface area (Å²) in [4.78, 5) is 14.5. The molecule has 1 unspecified atom stereocenters. The highest BCUT2D eigenvalue weighted by Gasteiger charge is 2.12. The number of amides is 1. The second-order valence-corrected chi connectivity index (χ2v) is 7.40. The van der Waals surface area contributed by atoms with Crippen LogP contribution in [0.3, 0.4) is 0 Å². The van der Waals surface area contributed by atoms with Gasteiger partial charge in [0.15, 0.2) is 0 Å². The van der Waals surface area contributed by atoms with E-state index in [-0.39, 0.29) is 5.91 Å². The maximum atomic E-state index is 12.2. The molecule has 5 heteroatoms. The normalized spacial score (nSPS) is 15.9. The number of nitrogens with one attached hydrogen (secondary N) is 2. The molecule has 3 rings (SSSR count). The molecule has 1 atom stereocenters. The molecule has 1 aliphatic heterocycles. The van der Waals surface area contributed by atoms with Crippen LogP contribution in [0.2, 0.25) is 0 Å². The minimum Gasteiger partial charge on any atom is -0.379 e. The Bertz CT molecular complexity index is 730. The summed E-state index contributed by atoms with van der Waals surface area (Å²) < 4.78 is 5.34. The van der Waals surface area contributed by atoms with Crippen LogP contribution in [0, 0.1) is 0 Å². The SMILES string of the molecule is CC(CNCc1cccc(NC(=O)CCN2CCOCC2)c1)c1ccccc1. The fourth-order valence-electron chi connectivity index (χ4n) is 3.40. The highest BCUT2D eigenvalue weighted by molar-refractivity contribution is 5.90. The molecule has 1 heterocycles. The number of carbonyl (C=O) groups is 1. The van der Waals surface area contributed by atoms with E-state index in [1.807, 2.05) is 24.3 Å². The molecule has 0 aliphatic carbocycles. The zero-order valence-electron chi connectivity index (χ0n) is 16.7. The molecule has 0 spiro atoms. The highest BCUT2D eigenvalue weighted by atomic mass is 16.5. The molecule has 2 aromatic carbocycles. The van der Waals surface area contributed by atoms with Crippen LogP contribution in [0.5, 0.6) is 0 Å². The number of benzene rings is 2. The molecular formula is C23H31N3O2. The van der Waals surface area contributed by atoms with Gasteiger partial charge in [-0.3, -0.25) is 9.69 Å². The van der Waals surface area contributed by atoms with Crippen molar-refractivity contribution in [3.05, 3.63) is 65.7 Å². The number of nitrogens with zero attached hydrogens (tertiary/aromatic N) is 1. The molecule has 0 bridgehead atoms. The number of hydrogen-bond acceptors (Lipinski definition) is 4. The van der Waals surface area contributed by atoms with Crippen molar-refractivity contribution in [2.75, 3.05) is 44.7 Å². The van der Waals surface area contributed by atoms with Gasteiger partial charge in [0.1, 0.15) is 0 Å². The Morgan fingerprint density at radius 3 is 2.68 bits per heavy atom. The molecule has 1 fully saturated rings. The average molecular weight is 382 g/mol. The van der Waals surface area contributed by atoms with E-state index in [0.29, 0.717) is 12.3 Å². The number of carbonyl (C=O) groups excluding carboxylic acids is 1. The van der Waals surface area contributed by atoms with Gasteiger partial charge in [-0.1, -0.05) is 49.4 Å². The standard InChI is InChI=1S/C23H31N3O2/c1-19(21-7-3-2-4-8-21)17-24-18-20-6-5-9-22(16-20)25-23(27)10-11-26-12-14-28-15-13-26/h2-9,16,19,24H,10-15,17-18H2,1H3,(H,25,27). The Labute approximate surface area is 168 Å². The molecule has 0 radical (unpaired) electrons. The number of ether oxygens (including phenoxy) is 1. The lowest BCUT2D eigenvalue weighted by Gasteiger charge is -2.26. The van der Waals surface area contributed by atoms with Crippen molar-refractivity contribution in [3.63, 3.8) is 0 Å². The predicted octanol–water partition coefficient (Wildman–Crippen LogP) is 3.24. The van der Waals surface area contributed by atoms with Gasteiger partial charge >= 0.3 is 0 Å². The molecule has 2 aromatic rings. The van der Waals surface area contributed by atoms with Gasteiger partial charge in [0.25, 0.3) is 0 Å². The van der Waals surface area contributed by atoms with Crippen LogP contribution in [-0.4, -0.2) is 50.2 Å². The molecule has 150 valence electrons. The first-order valence-electron chi connectivity index (χ1n) is 10.2. The summed E-state index contributed by atoms with van der Waals surface area (Å²) in [6.45, 7) is 8.07. The minimum absolute atomic E-state index is 0.0642. The predicted molar refractivity (Wildman–Crippen MR) is 114 cm³/mol. The lowest BCUT2D eigenvalue weighted by atomic mass is 10.0. The topological polar surface area (TPSA) is 53.6 Å². The first-order chi connectivity index (χ1) is 13.7.